The highest BCUT2D eigenvalue weighted by molar-refractivity contribution is 8.06. The zero-order valence-electron chi connectivity index (χ0n) is 6.56. The van der Waals surface area contributed by atoms with Crippen LogP contribution in [0.3, 0.4) is 0 Å². The molecule has 0 aromatic carbocycles. The number of rotatable bonds is 0. The van der Waals surface area contributed by atoms with Gasteiger partial charge in [0.2, 0.25) is 0 Å². The topological polar surface area (TPSA) is 12.0 Å². The largest absolute Gasteiger partial charge is 0.378 e. The third kappa shape index (κ3) is 1.88. The van der Waals surface area contributed by atoms with Crippen molar-refractivity contribution in [1.82, 2.24) is 5.32 Å². The van der Waals surface area contributed by atoms with E-state index in [0.717, 1.165) is 6.54 Å². The molecule has 0 aromatic rings. The van der Waals surface area contributed by atoms with E-state index in [4.69, 9.17) is 0 Å². The molecule has 62 valence electrons. The molecule has 0 radical (unpaired) electrons. The highest BCUT2D eigenvalue weighted by atomic mass is 32.2. The SMILES string of the molecule is C1CCC2=C(NCCS2)SC1. The molecule has 0 amide bonds. The number of nitrogens with one attached hydrogen (secondary N) is 1. The maximum absolute atomic E-state index is 3.48. The van der Waals surface area contributed by atoms with Crippen LogP contribution in [0.15, 0.2) is 9.93 Å². The minimum absolute atomic E-state index is 1.16. The monoisotopic (exact) mass is 187 g/mol. The molecule has 2 rings (SSSR count). The maximum atomic E-state index is 3.48. The van der Waals surface area contributed by atoms with E-state index in [1.54, 1.807) is 4.91 Å². The number of allylic oxidation sites excluding steroid dienone is 1. The third-order valence-corrected chi connectivity index (χ3v) is 4.43. The van der Waals surface area contributed by atoms with E-state index in [2.05, 4.69) is 17.1 Å². The van der Waals surface area contributed by atoms with Crippen LogP contribution in [0.25, 0.3) is 0 Å². The Labute approximate surface area is 76.4 Å². The molecule has 0 saturated heterocycles. The molecule has 0 aliphatic carbocycles. The molecule has 0 fully saturated rings. The molecule has 2 heterocycles. The smallest absolute Gasteiger partial charge is 0.0778 e. The van der Waals surface area contributed by atoms with Crippen LogP contribution in [0.4, 0.5) is 0 Å². The van der Waals surface area contributed by atoms with Crippen LogP contribution >= 0.6 is 23.5 Å². The highest BCUT2D eigenvalue weighted by Gasteiger charge is 2.15. The van der Waals surface area contributed by atoms with E-state index >= 15 is 0 Å². The predicted octanol–water partition coefficient (Wildman–Crippen LogP) is 2.41. The van der Waals surface area contributed by atoms with Crippen molar-refractivity contribution >= 4 is 23.5 Å². The van der Waals surface area contributed by atoms with Crippen molar-refractivity contribution in [2.45, 2.75) is 19.3 Å². The molecule has 1 nitrogen and oxygen atoms in total. The van der Waals surface area contributed by atoms with Gasteiger partial charge in [-0.15, -0.1) is 23.5 Å². The molecule has 1 N–H and O–H groups in total. The van der Waals surface area contributed by atoms with E-state index in [0.29, 0.717) is 0 Å². The fourth-order valence-electron chi connectivity index (χ4n) is 1.38. The van der Waals surface area contributed by atoms with Gasteiger partial charge in [0.15, 0.2) is 0 Å². The summed E-state index contributed by atoms with van der Waals surface area (Å²) in [5, 5.41) is 4.97. The van der Waals surface area contributed by atoms with Gasteiger partial charge in [0.1, 0.15) is 0 Å². The zero-order valence-corrected chi connectivity index (χ0v) is 8.19. The second kappa shape index (κ2) is 3.76. The van der Waals surface area contributed by atoms with Gasteiger partial charge in [-0.05, 0) is 25.0 Å². The van der Waals surface area contributed by atoms with Crippen molar-refractivity contribution < 1.29 is 0 Å². The third-order valence-electron chi connectivity index (χ3n) is 1.96. The van der Waals surface area contributed by atoms with Crippen molar-refractivity contribution in [2.75, 3.05) is 18.1 Å². The molecule has 11 heavy (non-hydrogen) atoms. The lowest BCUT2D eigenvalue weighted by Gasteiger charge is -2.18. The van der Waals surface area contributed by atoms with Crippen molar-refractivity contribution in [3.05, 3.63) is 9.93 Å². The summed E-state index contributed by atoms with van der Waals surface area (Å²) < 4.78 is 0. The molecule has 2 aliphatic heterocycles. The van der Waals surface area contributed by atoms with Crippen LogP contribution in [0.2, 0.25) is 0 Å². The van der Waals surface area contributed by atoms with Gasteiger partial charge in [0, 0.05) is 17.2 Å². The maximum Gasteiger partial charge on any atom is 0.0778 e. The van der Waals surface area contributed by atoms with Gasteiger partial charge in [-0.1, -0.05) is 0 Å². The van der Waals surface area contributed by atoms with E-state index in [9.17, 15) is 0 Å². The van der Waals surface area contributed by atoms with Crippen molar-refractivity contribution in [3.8, 4) is 0 Å². The van der Waals surface area contributed by atoms with Crippen LogP contribution in [-0.2, 0) is 0 Å². The van der Waals surface area contributed by atoms with Crippen molar-refractivity contribution in [1.29, 1.82) is 0 Å². The van der Waals surface area contributed by atoms with E-state index < -0.39 is 0 Å². The molecular weight excluding hydrogens is 174 g/mol. The Morgan fingerprint density at radius 2 is 2.09 bits per heavy atom. The molecule has 0 aromatic heterocycles. The molecular formula is C8H13NS2. The molecule has 0 atom stereocenters. The van der Waals surface area contributed by atoms with Gasteiger partial charge < -0.3 is 5.32 Å². The Morgan fingerprint density at radius 3 is 3.09 bits per heavy atom. The fraction of sp³-hybridized carbons (Fsp3) is 0.750. The summed E-state index contributed by atoms with van der Waals surface area (Å²) in [5.74, 6) is 2.58. The van der Waals surface area contributed by atoms with Gasteiger partial charge in [-0.25, -0.2) is 0 Å². The Balaban J connectivity index is 2.10. The summed E-state index contributed by atoms with van der Waals surface area (Å²) in [6, 6.07) is 0. The first kappa shape index (κ1) is 7.87. The van der Waals surface area contributed by atoms with Crippen LogP contribution < -0.4 is 5.32 Å². The van der Waals surface area contributed by atoms with E-state index in [-0.39, 0.29) is 0 Å². The molecule has 0 unspecified atom stereocenters. The minimum atomic E-state index is 1.16. The van der Waals surface area contributed by atoms with Crippen molar-refractivity contribution in [2.24, 2.45) is 0 Å². The molecule has 0 spiro atoms. The summed E-state index contributed by atoms with van der Waals surface area (Å²) >= 11 is 4.07. The first-order valence-corrected chi connectivity index (χ1v) is 6.16. The standard InChI is InChI=1S/C8H13NS2/c1-2-5-11-8-7(3-1)10-6-4-9-8/h9H,1-6H2. The first-order chi connectivity index (χ1) is 5.47. The molecule has 3 heteroatoms. The van der Waals surface area contributed by atoms with Gasteiger partial charge >= 0.3 is 0 Å². The Kier molecular flexibility index (Phi) is 2.69. The quantitative estimate of drug-likeness (QED) is 0.625. The van der Waals surface area contributed by atoms with Crippen LogP contribution in [0, 0.1) is 0 Å². The number of hydrogen-bond acceptors (Lipinski definition) is 3. The predicted molar refractivity (Wildman–Crippen MR) is 53.8 cm³/mol. The second-order valence-electron chi connectivity index (χ2n) is 2.83. The average molecular weight is 187 g/mol. The Morgan fingerprint density at radius 1 is 1.09 bits per heavy atom. The first-order valence-electron chi connectivity index (χ1n) is 4.19. The number of hydrogen-bond donors (Lipinski definition) is 1. The summed E-state index contributed by atoms with van der Waals surface area (Å²) in [4.78, 5) is 1.62. The van der Waals surface area contributed by atoms with E-state index in [1.807, 2.05) is 11.8 Å². The van der Waals surface area contributed by atoms with Crippen molar-refractivity contribution in [3.63, 3.8) is 0 Å². The zero-order chi connectivity index (χ0) is 7.52. The molecule has 0 bridgehead atoms. The minimum Gasteiger partial charge on any atom is -0.378 e. The second-order valence-corrected chi connectivity index (χ2v) is 5.13. The van der Waals surface area contributed by atoms with E-state index in [1.165, 1.54) is 35.8 Å². The Bertz CT molecular complexity index is 159. The lowest BCUT2D eigenvalue weighted by Crippen LogP contribution is -2.20. The van der Waals surface area contributed by atoms with Gasteiger partial charge in [-0.2, -0.15) is 0 Å². The average Bonchev–Trinajstić information content (AvgIpc) is 2.28. The highest BCUT2D eigenvalue weighted by Crippen LogP contribution is 2.35. The lowest BCUT2D eigenvalue weighted by molar-refractivity contribution is 0.810. The van der Waals surface area contributed by atoms with Crippen LogP contribution in [0.5, 0.6) is 0 Å². The normalized spacial score (nSPS) is 25.5. The van der Waals surface area contributed by atoms with Gasteiger partial charge in [0.05, 0.1) is 5.03 Å². The molecule has 2 aliphatic rings. The Hall–Kier alpha value is 0.240. The van der Waals surface area contributed by atoms with Crippen LogP contribution in [0.1, 0.15) is 19.3 Å². The molecule has 0 saturated carbocycles. The summed E-state index contributed by atoms with van der Waals surface area (Å²) in [6.07, 6.45) is 4.10. The summed E-state index contributed by atoms with van der Waals surface area (Å²) in [6.45, 7) is 1.16. The van der Waals surface area contributed by atoms with Gasteiger partial charge in [0.25, 0.3) is 0 Å². The summed E-state index contributed by atoms with van der Waals surface area (Å²) in [5.41, 5.74) is 0. The summed E-state index contributed by atoms with van der Waals surface area (Å²) in [7, 11) is 0. The lowest BCUT2D eigenvalue weighted by atomic mass is 10.2. The fourth-order valence-corrected chi connectivity index (χ4v) is 3.70. The number of thioether (sulfide) groups is 2. The van der Waals surface area contributed by atoms with Crippen LogP contribution in [-0.4, -0.2) is 18.1 Å². The van der Waals surface area contributed by atoms with Gasteiger partial charge in [-0.3, -0.25) is 0 Å².